The Morgan fingerprint density at radius 2 is 1.45 bits per heavy atom. The van der Waals surface area contributed by atoms with Crippen LogP contribution in [0.1, 0.15) is 17.3 Å². The second-order valence-electron chi connectivity index (χ2n) is 4.48. The molecule has 0 aromatic heterocycles. The van der Waals surface area contributed by atoms with E-state index in [0.29, 0.717) is 18.1 Å². The summed E-state index contributed by atoms with van der Waals surface area (Å²) in [6.07, 6.45) is 0. The molecule has 0 unspecified atom stereocenters. The van der Waals surface area contributed by atoms with Gasteiger partial charge in [0.15, 0.2) is 6.61 Å². The van der Waals surface area contributed by atoms with E-state index in [1.54, 1.807) is 24.3 Å². The first kappa shape index (κ1) is 15.5. The monoisotopic (exact) mass is 304 g/mol. The normalized spacial score (nSPS) is 10.2. The zero-order valence-corrected chi connectivity index (χ0v) is 11.9. The van der Waals surface area contributed by atoms with Crippen LogP contribution >= 0.6 is 0 Å². The molecule has 0 spiro atoms. The number of carbonyl (C=O) groups is 1. The third kappa shape index (κ3) is 3.60. The lowest BCUT2D eigenvalue weighted by molar-refractivity contribution is 0.0916. The number of Topliss-reactive ketones (excluding diaryl/α,β-unsaturated/α-hetero) is 1. The van der Waals surface area contributed by atoms with Crippen LogP contribution in [0.25, 0.3) is 0 Å². The highest BCUT2D eigenvalue weighted by Gasteiger charge is 2.18. The number of phenols is 3. The maximum absolute atomic E-state index is 12.0. The van der Waals surface area contributed by atoms with E-state index in [1.165, 1.54) is 0 Å². The Morgan fingerprint density at radius 1 is 0.955 bits per heavy atom. The molecule has 2 rings (SSSR count). The van der Waals surface area contributed by atoms with Gasteiger partial charge in [0.2, 0.25) is 5.78 Å². The third-order valence-corrected chi connectivity index (χ3v) is 2.86. The predicted octanol–water partition coefficient (Wildman–Crippen LogP) is 2.46. The fourth-order valence-corrected chi connectivity index (χ4v) is 1.90. The van der Waals surface area contributed by atoms with Gasteiger partial charge in [-0.2, -0.15) is 0 Å². The highest BCUT2D eigenvalue weighted by molar-refractivity contribution is 6.02. The molecule has 0 saturated heterocycles. The largest absolute Gasteiger partial charge is 0.508 e. The first-order chi connectivity index (χ1) is 10.5. The molecule has 0 heterocycles. The molecule has 0 aliphatic rings. The molecule has 6 nitrogen and oxygen atoms in total. The van der Waals surface area contributed by atoms with E-state index in [2.05, 4.69) is 0 Å². The molecule has 0 saturated carbocycles. The van der Waals surface area contributed by atoms with Crippen LogP contribution in [0.2, 0.25) is 0 Å². The number of hydrogen-bond donors (Lipinski definition) is 3. The van der Waals surface area contributed by atoms with Crippen molar-refractivity contribution in [3.05, 3.63) is 42.0 Å². The summed E-state index contributed by atoms with van der Waals surface area (Å²) in [7, 11) is 0. The topological polar surface area (TPSA) is 96.2 Å². The molecule has 6 heteroatoms. The number of benzene rings is 2. The van der Waals surface area contributed by atoms with Crippen molar-refractivity contribution in [2.24, 2.45) is 0 Å². The zero-order chi connectivity index (χ0) is 16.1. The van der Waals surface area contributed by atoms with Crippen molar-refractivity contribution in [3.63, 3.8) is 0 Å². The summed E-state index contributed by atoms with van der Waals surface area (Å²) in [5.41, 5.74) is -0.288. The van der Waals surface area contributed by atoms with Gasteiger partial charge in [0.25, 0.3) is 0 Å². The number of aromatic hydroxyl groups is 3. The molecular formula is C16H16O6. The van der Waals surface area contributed by atoms with E-state index in [-0.39, 0.29) is 17.9 Å². The van der Waals surface area contributed by atoms with Gasteiger partial charge in [0.05, 0.1) is 6.61 Å². The molecule has 116 valence electrons. The zero-order valence-electron chi connectivity index (χ0n) is 11.9. The van der Waals surface area contributed by atoms with E-state index < -0.39 is 17.3 Å². The fraction of sp³-hybridized carbons (Fsp3) is 0.188. The lowest BCUT2D eigenvalue weighted by atomic mass is 10.1. The second kappa shape index (κ2) is 6.71. The van der Waals surface area contributed by atoms with Crippen LogP contribution in [-0.4, -0.2) is 34.3 Å². The van der Waals surface area contributed by atoms with Crippen LogP contribution < -0.4 is 9.47 Å². The number of ether oxygens (including phenoxy) is 2. The van der Waals surface area contributed by atoms with Gasteiger partial charge in [-0.15, -0.1) is 0 Å². The summed E-state index contributed by atoms with van der Waals surface area (Å²) < 4.78 is 10.6. The Bertz CT molecular complexity index is 640. The lowest BCUT2D eigenvalue weighted by Gasteiger charge is -2.09. The van der Waals surface area contributed by atoms with Crippen LogP contribution in [0, 0.1) is 0 Å². The third-order valence-electron chi connectivity index (χ3n) is 2.86. The van der Waals surface area contributed by atoms with Gasteiger partial charge in [0, 0.05) is 12.1 Å². The SMILES string of the molecule is CCOc1ccc(OCC(=O)c2c(O)cc(O)cc2O)cc1. The van der Waals surface area contributed by atoms with Crippen molar-refractivity contribution in [2.75, 3.05) is 13.2 Å². The molecule has 3 N–H and O–H groups in total. The van der Waals surface area contributed by atoms with Gasteiger partial charge in [-0.05, 0) is 31.2 Å². The first-order valence-corrected chi connectivity index (χ1v) is 6.65. The predicted molar refractivity (Wildman–Crippen MR) is 78.9 cm³/mol. The van der Waals surface area contributed by atoms with E-state index in [9.17, 15) is 20.1 Å². The molecule has 0 amide bonds. The van der Waals surface area contributed by atoms with Gasteiger partial charge in [-0.25, -0.2) is 0 Å². The average Bonchev–Trinajstić information content (AvgIpc) is 2.46. The van der Waals surface area contributed by atoms with Crippen molar-refractivity contribution >= 4 is 5.78 Å². The summed E-state index contributed by atoms with van der Waals surface area (Å²) in [4.78, 5) is 12.0. The standard InChI is InChI=1S/C16H16O6/c1-2-21-11-3-5-12(6-4-11)22-9-15(20)16-13(18)7-10(17)8-14(16)19/h3-8,17-19H,2,9H2,1H3. The Balaban J connectivity index is 2.04. The van der Waals surface area contributed by atoms with Crippen LogP contribution in [0.5, 0.6) is 28.7 Å². The molecule has 0 aliphatic heterocycles. The molecule has 0 aliphatic carbocycles. The summed E-state index contributed by atoms with van der Waals surface area (Å²) in [6.45, 7) is 2.07. The van der Waals surface area contributed by atoms with Crippen molar-refractivity contribution < 1.29 is 29.6 Å². The summed E-state index contributed by atoms with van der Waals surface area (Å²) in [5.74, 6) is -0.803. The molecule has 0 atom stereocenters. The van der Waals surface area contributed by atoms with E-state index in [1.807, 2.05) is 6.92 Å². The molecule has 0 fully saturated rings. The highest BCUT2D eigenvalue weighted by atomic mass is 16.5. The first-order valence-electron chi connectivity index (χ1n) is 6.65. The minimum absolute atomic E-state index is 0.288. The molecule has 22 heavy (non-hydrogen) atoms. The van der Waals surface area contributed by atoms with Gasteiger partial charge in [-0.1, -0.05) is 0 Å². The lowest BCUT2D eigenvalue weighted by Crippen LogP contribution is -2.12. The quantitative estimate of drug-likeness (QED) is 0.709. The minimum Gasteiger partial charge on any atom is -0.508 e. The van der Waals surface area contributed by atoms with Gasteiger partial charge >= 0.3 is 0 Å². The summed E-state index contributed by atoms with van der Waals surface area (Å²) >= 11 is 0. The maximum atomic E-state index is 12.0. The Morgan fingerprint density at radius 3 is 1.95 bits per heavy atom. The van der Waals surface area contributed by atoms with E-state index in [0.717, 1.165) is 12.1 Å². The average molecular weight is 304 g/mol. The molecule has 0 bridgehead atoms. The Kier molecular flexibility index (Phi) is 4.73. The van der Waals surface area contributed by atoms with E-state index >= 15 is 0 Å². The van der Waals surface area contributed by atoms with E-state index in [4.69, 9.17) is 9.47 Å². The van der Waals surface area contributed by atoms with Gasteiger partial charge in [-0.3, -0.25) is 4.79 Å². The van der Waals surface area contributed by atoms with Crippen LogP contribution in [-0.2, 0) is 0 Å². The fourth-order valence-electron chi connectivity index (χ4n) is 1.90. The molecule has 2 aromatic rings. The Hall–Kier alpha value is -2.89. The molecule has 0 radical (unpaired) electrons. The highest BCUT2D eigenvalue weighted by Crippen LogP contribution is 2.32. The van der Waals surface area contributed by atoms with Gasteiger partial charge in [0.1, 0.15) is 34.3 Å². The second-order valence-corrected chi connectivity index (χ2v) is 4.48. The number of carbonyl (C=O) groups excluding carboxylic acids is 1. The van der Waals surface area contributed by atoms with Gasteiger partial charge < -0.3 is 24.8 Å². The summed E-state index contributed by atoms with van der Waals surface area (Å²) in [5, 5.41) is 28.4. The Labute approximate surface area is 127 Å². The van der Waals surface area contributed by atoms with Crippen molar-refractivity contribution in [3.8, 4) is 28.7 Å². The summed E-state index contributed by atoms with van der Waals surface area (Å²) in [6, 6.07) is 8.66. The van der Waals surface area contributed by atoms with Crippen LogP contribution in [0.15, 0.2) is 36.4 Å². The maximum Gasteiger partial charge on any atom is 0.207 e. The number of ketones is 1. The van der Waals surface area contributed by atoms with Crippen molar-refractivity contribution in [2.45, 2.75) is 6.92 Å². The molecule has 2 aromatic carbocycles. The van der Waals surface area contributed by atoms with Crippen LogP contribution in [0.3, 0.4) is 0 Å². The smallest absolute Gasteiger partial charge is 0.207 e. The van der Waals surface area contributed by atoms with Crippen molar-refractivity contribution in [1.82, 2.24) is 0 Å². The number of phenolic OH excluding ortho intramolecular Hbond substituents is 3. The molecular weight excluding hydrogens is 288 g/mol. The number of rotatable bonds is 6. The minimum atomic E-state index is -0.608. The number of hydrogen-bond acceptors (Lipinski definition) is 6. The van der Waals surface area contributed by atoms with Crippen LogP contribution in [0.4, 0.5) is 0 Å². The van der Waals surface area contributed by atoms with Crippen molar-refractivity contribution in [1.29, 1.82) is 0 Å².